The summed E-state index contributed by atoms with van der Waals surface area (Å²) in [5, 5.41) is 3.33. The summed E-state index contributed by atoms with van der Waals surface area (Å²) in [5.74, 6) is 0. The lowest BCUT2D eigenvalue weighted by atomic mass is 10.0. The lowest BCUT2D eigenvalue weighted by molar-refractivity contribution is 0.521. The van der Waals surface area contributed by atoms with E-state index in [4.69, 9.17) is 5.73 Å². The number of anilines is 2. The van der Waals surface area contributed by atoms with E-state index in [2.05, 4.69) is 12.2 Å². The van der Waals surface area contributed by atoms with Gasteiger partial charge in [0.2, 0.25) is 0 Å². The SMILES string of the molecule is CCC1(CNc2ccc(S(C)(=O)=O)cc2N)CC1. The van der Waals surface area contributed by atoms with Crippen molar-refractivity contribution in [2.45, 2.75) is 31.1 Å². The molecule has 0 bridgehead atoms. The molecule has 3 N–H and O–H groups in total. The molecule has 0 aliphatic heterocycles. The van der Waals surface area contributed by atoms with Crippen molar-refractivity contribution in [2.75, 3.05) is 23.9 Å². The van der Waals surface area contributed by atoms with Gasteiger partial charge in [-0.2, -0.15) is 0 Å². The molecule has 0 radical (unpaired) electrons. The standard InChI is InChI=1S/C13H20N2O2S/c1-3-13(6-7-13)9-15-12-5-4-10(8-11(12)14)18(2,16)17/h4-5,8,15H,3,6-7,9,14H2,1-2H3. The molecule has 100 valence electrons. The maximum Gasteiger partial charge on any atom is 0.175 e. The average Bonchev–Trinajstić information content (AvgIpc) is 3.07. The van der Waals surface area contributed by atoms with Crippen LogP contribution in [0.3, 0.4) is 0 Å². The van der Waals surface area contributed by atoms with E-state index in [0.717, 1.165) is 12.2 Å². The Morgan fingerprint density at radius 3 is 2.50 bits per heavy atom. The van der Waals surface area contributed by atoms with Gasteiger partial charge in [-0.05, 0) is 42.9 Å². The Balaban J connectivity index is 2.11. The van der Waals surface area contributed by atoms with Crippen molar-refractivity contribution < 1.29 is 8.42 Å². The maximum absolute atomic E-state index is 11.4. The molecule has 0 atom stereocenters. The Morgan fingerprint density at radius 2 is 2.06 bits per heavy atom. The molecule has 1 aliphatic rings. The summed E-state index contributed by atoms with van der Waals surface area (Å²) in [7, 11) is -3.19. The second-order valence-electron chi connectivity index (χ2n) is 5.23. The number of nitrogens with one attached hydrogen (secondary N) is 1. The summed E-state index contributed by atoms with van der Waals surface area (Å²) in [6.45, 7) is 3.11. The van der Waals surface area contributed by atoms with Gasteiger partial charge in [0, 0.05) is 12.8 Å². The van der Waals surface area contributed by atoms with Gasteiger partial charge in [-0.3, -0.25) is 0 Å². The van der Waals surface area contributed by atoms with Crippen LogP contribution in [-0.2, 0) is 9.84 Å². The van der Waals surface area contributed by atoms with E-state index >= 15 is 0 Å². The Hall–Kier alpha value is -1.23. The molecule has 1 aromatic rings. The van der Waals surface area contributed by atoms with Crippen LogP contribution in [0.1, 0.15) is 26.2 Å². The Bertz CT molecular complexity index is 548. The molecule has 5 heteroatoms. The molecule has 1 aromatic carbocycles. The zero-order valence-corrected chi connectivity index (χ0v) is 11.7. The van der Waals surface area contributed by atoms with Crippen molar-refractivity contribution in [3.05, 3.63) is 18.2 Å². The number of benzene rings is 1. The van der Waals surface area contributed by atoms with Crippen molar-refractivity contribution in [3.63, 3.8) is 0 Å². The minimum absolute atomic E-state index is 0.266. The van der Waals surface area contributed by atoms with E-state index in [1.807, 2.05) is 0 Å². The minimum atomic E-state index is -3.19. The Kier molecular flexibility index (Phi) is 3.27. The van der Waals surface area contributed by atoms with E-state index in [0.29, 0.717) is 11.1 Å². The van der Waals surface area contributed by atoms with Crippen LogP contribution in [0.15, 0.2) is 23.1 Å². The molecule has 0 heterocycles. The zero-order valence-electron chi connectivity index (χ0n) is 10.9. The highest BCUT2D eigenvalue weighted by molar-refractivity contribution is 7.90. The van der Waals surface area contributed by atoms with Crippen LogP contribution in [0.25, 0.3) is 0 Å². The number of nitrogens with two attached hydrogens (primary N) is 1. The van der Waals surface area contributed by atoms with Gasteiger partial charge in [0.05, 0.1) is 16.3 Å². The van der Waals surface area contributed by atoms with E-state index in [-0.39, 0.29) is 4.90 Å². The molecule has 18 heavy (non-hydrogen) atoms. The molecule has 1 saturated carbocycles. The minimum Gasteiger partial charge on any atom is -0.397 e. The van der Waals surface area contributed by atoms with E-state index < -0.39 is 9.84 Å². The molecule has 0 aromatic heterocycles. The smallest absolute Gasteiger partial charge is 0.175 e. The average molecular weight is 268 g/mol. The van der Waals surface area contributed by atoms with E-state index in [1.54, 1.807) is 12.1 Å². The van der Waals surface area contributed by atoms with Crippen LogP contribution in [0, 0.1) is 5.41 Å². The topological polar surface area (TPSA) is 72.2 Å². The fourth-order valence-corrected chi connectivity index (χ4v) is 2.70. The monoisotopic (exact) mass is 268 g/mol. The molecular weight excluding hydrogens is 248 g/mol. The Morgan fingerprint density at radius 1 is 1.39 bits per heavy atom. The highest BCUT2D eigenvalue weighted by atomic mass is 32.2. The third-order valence-electron chi connectivity index (χ3n) is 3.81. The number of sulfone groups is 1. The fourth-order valence-electron chi connectivity index (χ4n) is 2.05. The van der Waals surface area contributed by atoms with Gasteiger partial charge in [0.1, 0.15) is 0 Å². The lowest BCUT2D eigenvalue weighted by Crippen LogP contribution is -2.15. The second kappa shape index (κ2) is 4.46. The highest BCUT2D eigenvalue weighted by Gasteiger charge is 2.40. The molecular formula is C13H20N2O2S. The van der Waals surface area contributed by atoms with Crippen molar-refractivity contribution in [1.82, 2.24) is 0 Å². The highest BCUT2D eigenvalue weighted by Crippen LogP contribution is 2.48. The maximum atomic E-state index is 11.4. The van der Waals surface area contributed by atoms with Crippen molar-refractivity contribution >= 4 is 21.2 Å². The van der Waals surface area contributed by atoms with Crippen LogP contribution in [0.4, 0.5) is 11.4 Å². The zero-order chi connectivity index (χ0) is 13.4. The first-order valence-corrected chi connectivity index (χ1v) is 8.09. The number of rotatable bonds is 5. The third-order valence-corrected chi connectivity index (χ3v) is 4.92. The molecule has 0 saturated heterocycles. The van der Waals surface area contributed by atoms with Gasteiger partial charge in [0.25, 0.3) is 0 Å². The predicted octanol–water partition coefficient (Wildman–Crippen LogP) is 2.27. The Labute approximate surface area is 108 Å². The summed E-state index contributed by atoms with van der Waals surface area (Å²) in [6.07, 6.45) is 4.88. The lowest BCUT2D eigenvalue weighted by Gasteiger charge is -2.16. The van der Waals surface area contributed by atoms with Crippen LogP contribution in [-0.4, -0.2) is 21.2 Å². The molecule has 0 spiro atoms. The first kappa shape index (κ1) is 13.2. The van der Waals surface area contributed by atoms with Gasteiger partial charge in [-0.25, -0.2) is 8.42 Å². The summed E-state index contributed by atoms with van der Waals surface area (Å²) < 4.78 is 22.8. The molecule has 0 unspecified atom stereocenters. The fraction of sp³-hybridized carbons (Fsp3) is 0.538. The predicted molar refractivity (Wildman–Crippen MR) is 74.4 cm³/mol. The van der Waals surface area contributed by atoms with E-state index in [9.17, 15) is 8.42 Å². The number of nitrogen functional groups attached to an aromatic ring is 1. The molecule has 1 aliphatic carbocycles. The molecule has 4 nitrogen and oxygen atoms in total. The van der Waals surface area contributed by atoms with Gasteiger partial charge >= 0.3 is 0 Å². The first-order valence-electron chi connectivity index (χ1n) is 6.20. The van der Waals surface area contributed by atoms with E-state index in [1.165, 1.54) is 31.6 Å². The largest absolute Gasteiger partial charge is 0.397 e. The number of hydrogen-bond acceptors (Lipinski definition) is 4. The van der Waals surface area contributed by atoms with Gasteiger partial charge in [0.15, 0.2) is 9.84 Å². The van der Waals surface area contributed by atoms with Gasteiger partial charge < -0.3 is 11.1 Å². The van der Waals surface area contributed by atoms with Crippen molar-refractivity contribution in [2.24, 2.45) is 5.41 Å². The van der Waals surface area contributed by atoms with Crippen LogP contribution < -0.4 is 11.1 Å². The molecule has 0 amide bonds. The van der Waals surface area contributed by atoms with Crippen LogP contribution in [0.5, 0.6) is 0 Å². The van der Waals surface area contributed by atoms with Crippen LogP contribution in [0.2, 0.25) is 0 Å². The molecule has 1 fully saturated rings. The third kappa shape index (κ3) is 2.77. The summed E-state index contributed by atoms with van der Waals surface area (Å²) in [5.41, 5.74) is 7.63. The van der Waals surface area contributed by atoms with Crippen molar-refractivity contribution in [1.29, 1.82) is 0 Å². The van der Waals surface area contributed by atoms with Gasteiger partial charge in [-0.15, -0.1) is 0 Å². The summed E-state index contributed by atoms with van der Waals surface area (Å²) in [4.78, 5) is 0.266. The van der Waals surface area contributed by atoms with Gasteiger partial charge in [-0.1, -0.05) is 6.92 Å². The quantitative estimate of drug-likeness (QED) is 0.804. The normalized spacial score (nSPS) is 17.4. The summed E-state index contributed by atoms with van der Waals surface area (Å²) in [6, 6.07) is 4.86. The second-order valence-corrected chi connectivity index (χ2v) is 7.24. The first-order chi connectivity index (χ1) is 8.36. The van der Waals surface area contributed by atoms with Crippen LogP contribution >= 0.6 is 0 Å². The van der Waals surface area contributed by atoms with Crippen molar-refractivity contribution in [3.8, 4) is 0 Å². The number of hydrogen-bond donors (Lipinski definition) is 2. The summed E-state index contributed by atoms with van der Waals surface area (Å²) >= 11 is 0. The molecule has 2 rings (SSSR count).